The van der Waals surface area contributed by atoms with Crippen LogP contribution in [0.3, 0.4) is 0 Å². The van der Waals surface area contributed by atoms with Gasteiger partial charge in [0, 0.05) is 14.1 Å². The van der Waals surface area contributed by atoms with Gasteiger partial charge < -0.3 is 10.0 Å². The van der Waals surface area contributed by atoms with E-state index in [9.17, 15) is 15.2 Å². The molecule has 0 unspecified atom stereocenters. The Balaban J connectivity index is 3.15. The molecular weight excluding hydrogens is 234 g/mol. The molecule has 0 bridgehead atoms. The topological polar surface area (TPSA) is 79.0 Å². The normalized spacial score (nSPS) is 10.7. The molecule has 0 aliphatic heterocycles. The second-order valence-electron chi connectivity index (χ2n) is 3.26. The molecule has 0 amide bonds. The number of aliphatic imine (C=N–C) groups is 1. The molecule has 0 fully saturated rings. The third kappa shape index (κ3) is 2.83. The largest absolute Gasteiger partial charge is 0.505 e. The van der Waals surface area contributed by atoms with Gasteiger partial charge in [-0.25, -0.2) is 4.99 Å². The van der Waals surface area contributed by atoms with E-state index < -0.39 is 4.92 Å². The zero-order valence-corrected chi connectivity index (χ0v) is 9.47. The van der Waals surface area contributed by atoms with Crippen molar-refractivity contribution in [2.24, 2.45) is 4.99 Å². The summed E-state index contributed by atoms with van der Waals surface area (Å²) in [6.45, 7) is 0. The van der Waals surface area contributed by atoms with E-state index in [1.54, 1.807) is 19.0 Å². The Labute approximate surface area is 96.9 Å². The lowest BCUT2D eigenvalue weighted by atomic mass is 10.2. The molecule has 0 spiro atoms. The first-order chi connectivity index (χ1) is 7.41. The van der Waals surface area contributed by atoms with Crippen molar-refractivity contribution in [2.45, 2.75) is 0 Å². The van der Waals surface area contributed by atoms with E-state index in [0.717, 1.165) is 6.07 Å². The molecule has 0 aliphatic carbocycles. The second-order valence-corrected chi connectivity index (χ2v) is 3.66. The van der Waals surface area contributed by atoms with Gasteiger partial charge in [0.05, 0.1) is 17.3 Å². The Kier molecular flexibility index (Phi) is 3.68. The number of halogens is 1. The molecule has 0 aromatic heterocycles. The van der Waals surface area contributed by atoms with Crippen LogP contribution >= 0.6 is 11.6 Å². The maximum absolute atomic E-state index is 10.5. The summed E-state index contributed by atoms with van der Waals surface area (Å²) in [6, 6.07) is 2.22. The summed E-state index contributed by atoms with van der Waals surface area (Å²) >= 11 is 5.67. The predicted molar refractivity (Wildman–Crippen MR) is 61.6 cm³/mol. The number of nitro benzene ring substituents is 1. The third-order valence-electron chi connectivity index (χ3n) is 1.67. The molecule has 0 atom stereocenters. The monoisotopic (exact) mass is 243 g/mol. The van der Waals surface area contributed by atoms with E-state index in [4.69, 9.17) is 11.6 Å². The molecule has 16 heavy (non-hydrogen) atoms. The van der Waals surface area contributed by atoms with Gasteiger partial charge in [0.2, 0.25) is 0 Å². The maximum atomic E-state index is 10.5. The van der Waals surface area contributed by atoms with Gasteiger partial charge in [-0.1, -0.05) is 11.6 Å². The van der Waals surface area contributed by atoms with Crippen LogP contribution in [-0.4, -0.2) is 35.4 Å². The van der Waals surface area contributed by atoms with Crippen molar-refractivity contribution in [3.8, 4) is 5.75 Å². The van der Waals surface area contributed by atoms with Crippen LogP contribution in [-0.2, 0) is 0 Å². The standard InChI is InChI=1S/C9H10ClN3O3/c1-12(2)5-11-7-3-6(10)8(13(15)16)4-9(7)14/h3-5,14H,1-2H3. The number of phenolic OH excluding ortho intramolecular Hbond substituents is 1. The highest BCUT2D eigenvalue weighted by Gasteiger charge is 2.15. The number of nitro groups is 1. The molecule has 0 aliphatic rings. The number of nitrogens with zero attached hydrogens (tertiary/aromatic N) is 3. The Bertz CT molecular complexity index is 446. The molecule has 1 aromatic rings. The molecule has 1 rings (SSSR count). The van der Waals surface area contributed by atoms with Gasteiger partial charge in [0.1, 0.15) is 16.5 Å². The molecular formula is C9H10ClN3O3. The summed E-state index contributed by atoms with van der Waals surface area (Å²) in [5.74, 6) is -0.283. The van der Waals surface area contributed by atoms with Crippen molar-refractivity contribution in [3.63, 3.8) is 0 Å². The molecule has 7 heteroatoms. The number of hydrogen-bond acceptors (Lipinski definition) is 4. The second kappa shape index (κ2) is 4.80. The fourth-order valence-electron chi connectivity index (χ4n) is 0.961. The van der Waals surface area contributed by atoms with Crippen LogP contribution in [0.25, 0.3) is 0 Å². The fourth-order valence-corrected chi connectivity index (χ4v) is 1.19. The Morgan fingerprint density at radius 2 is 2.19 bits per heavy atom. The number of phenols is 1. The fraction of sp³-hybridized carbons (Fsp3) is 0.222. The summed E-state index contributed by atoms with van der Waals surface area (Å²) in [7, 11) is 3.51. The van der Waals surface area contributed by atoms with Crippen LogP contribution in [0.4, 0.5) is 11.4 Å². The summed E-state index contributed by atoms with van der Waals surface area (Å²) in [4.78, 5) is 15.4. The minimum absolute atomic E-state index is 0.0614. The van der Waals surface area contributed by atoms with Gasteiger partial charge in [-0.3, -0.25) is 10.1 Å². The van der Waals surface area contributed by atoms with Crippen LogP contribution in [0.5, 0.6) is 5.75 Å². The van der Waals surface area contributed by atoms with Crippen molar-refractivity contribution < 1.29 is 10.0 Å². The van der Waals surface area contributed by atoms with Gasteiger partial charge in [0.15, 0.2) is 0 Å². The van der Waals surface area contributed by atoms with Gasteiger partial charge in [-0.2, -0.15) is 0 Å². The Morgan fingerprint density at radius 1 is 1.56 bits per heavy atom. The van der Waals surface area contributed by atoms with Gasteiger partial charge in [0.25, 0.3) is 5.69 Å². The van der Waals surface area contributed by atoms with Crippen LogP contribution in [0, 0.1) is 10.1 Å². The first-order valence-electron chi connectivity index (χ1n) is 4.29. The van der Waals surface area contributed by atoms with Crippen molar-refractivity contribution in [1.29, 1.82) is 0 Å². The molecule has 1 aromatic carbocycles. The van der Waals surface area contributed by atoms with Crippen LogP contribution < -0.4 is 0 Å². The van der Waals surface area contributed by atoms with Crippen molar-refractivity contribution in [2.75, 3.05) is 14.1 Å². The van der Waals surface area contributed by atoms with E-state index in [2.05, 4.69) is 4.99 Å². The van der Waals surface area contributed by atoms with Gasteiger partial charge >= 0.3 is 0 Å². The smallest absolute Gasteiger partial charge is 0.291 e. The zero-order valence-electron chi connectivity index (χ0n) is 8.72. The molecule has 1 N–H and O–H groups in total. The quantitative estimate of drug-likeness (QED) is 0.382. The average Bonchev–Trinajstić information content (AvgIpc) is 2.18. The van der Waals surface area contributed by atoms with E-state index in [0.29, 0.717) is 0 Å². The lowest BCUT2D eigenvalue weighted by Gasteiger charge is -2.04. The highest BCUT2D eigenvalue weighted by atomic mass is 35.5. The minimum Gasteiger partial charge on any atom is -0.505 e. The summed E-state index contributed by atoms with van der Waals surface area (Å²) in [5, 5.41) is 19.9. The van der Waals surface area contributed by atoms with Gasteiger partial charge in [-0.15, -0.1) is 0 Å². The third-order valence-corrected chi connectivity index (χ3v) is 1.97. The van der Waals surface area contributed by atoms with E-state index in [-0.39, 0.29) is 22.1 Å². The van der Waals surface area contributed by atoms with Crippen LogP contribution in [0.15, 0.2) is 17.1 Å². The van der Waals surface area contributed by atoms with E-state index in [1.165, 1.54) is 12.4 Å². The first-order valence-corrected chi connectivity index (χ1v) is 4.67. The summed E-state index contributed by atoms with van der Waals surface area (Å²) < 4.78 is 0. The minimum atomic E-state index is -0.665. The predicted octanol–water partition coefficient (Wildman–Crippen LogP) is 2.18. The number of aromatic hydroxyl groups is 1. The lowest BCUT2D eigenvalue weighted by Crippen LogP contribution is -2.06. The summed E-state index contributed by atoms with van der Waals surface area (Å²) in [6.07, 6.45) is 1.46. The molecule has 6 nitrogen and oxygen atoms in total. The number of rotatable bonds is 3. The van der Waals surface area contributed by atoms with E-state index >= 15 is 0 Å². The van der Waals surface area contributed by atoms with Crippen molar-refractivity contribution >= 4 is 29.3 Å². The van der Waals surface area contributed by atoms with Crippen LogP contribution in [0.1, 0.15) is 0 Å². The van der Waals surface area contributed by atoms with Gasteiger partial charge in [-0.05, 0) is 6.07 Å². The summed E-state index contributed by atoms with van der Waals surface area (Å²) in [5.41, 5.74) is -0.160. The van der Waals surface area contributed by atoms with Crippen molar-refractivity contribution in [1.82, 2.24) is 4.90 Å². The zero-order chi connectivity index (χ0) is 12.3. The highest BCUT2D eigenvalue weighted by molar-refractivity contribution is 6.33. The first kappa shape index (κ1) is 12.3. The number of benzene rings is 1. The number of hydrogen-bond donors (Lipinski definition) is 1. The lowest BCUT2D eigenvalue weighted by molar-refractivity contribution is -0.384. The Morgan fingerprint density at radius 3 is 2.69 bits per heavy atom. The maximum Gasteiger partial charge on any atom is 0.291 e. The molecule has 86 valence electrons. The molecule has 0 radical (unpaired) electrons. The SMILES string of the molecule is CN(C)C=Nc1cc(Cl)c([N+](=O)[O-])cc1O. The molecule has 0 heterocycles. The molecule has 0 saturated heterocycles. The highest BCUT2D eigenvalue weighted by Crippen LogP contribution is 2.36. The van der Waals surface area contributed by atoms with Crippen LogP contribution in [0.2, 0.25) is 5.02 Å². The average molecular weight is 244 g/mol. The Hall–Kier alpha value is -1.82. The van der Waals surface area contributed by atoms with Crippen molar-refractivity contribution in [3.05, 3.63) is 27.3 Å². The molecule has 0 saturated carbocycles. The van der Waals surface area contributed by atoms with E-state index in [1.807, 2.05) is 0 Å².